The largest absolute Gasteiger partial charge is 0.456 e. The number of hydrogen-bond donors (Lipinski definition) is 0. The van der Waals surface area contributed by atoms with Crippen molar-refractivity contribution in [3.8, 4) is 61.7 Å². The highest BCUT2D eigenvalue weighted by Crippen LogP contribution is 2.45. The molecule has 0 fully saturated rings. The van der Waals surface area contributed by atoms with Gasteiger partial charge in [-0.2, -0.15) is 0 Å². The van der Waals surface area contributed by atoms with Gasteiger partial charge in [0.1, 0.15) is 11.2 Å². The zero-order valence-corrected chi connectivity index (χ0v) is 34.7. The fourth-order valence-electron chi connectivity index (χ4n) is 9.44. The van der Waals surface area contributed by atoms with E-state index < -0.39 is 0 Å². The van der Waals surface area contributed by atoms with Gasteiger partial charge < -0.3 is 8.98 Å². The molecule has 0 atom stereocenters. The molecule has 13 rings (SSSR count). The number of aromatic nitrogens is 3. The summed E-state index contributed by atoms with van der Waals surface area (Å²) >= 11 is 1.75. The van der Waals surface area contributed by atoms with Crippen LogP contribution in [0.25, 0.3) is 126 Å². The number of fused-ring (bicyclic) bond motifs is 9. The first kappa shape index (κ1) is 35.6. The van der Waals surface area contributed by atoms with Crippen LogP contribution in [0.2, 0.25) is 0 Å². The van der Waals surface area contributed by atoms with E-state index in [-0.39, 0.29) is 0 Å². The van der Waals surface area contributed by atoms with E-state index in [1.54, 1.807) is 11.3 Å². The van der Waals surface area contributed by atoms with Crippen LogP contribution in [0, 0.1) is 0 Å². The maximum Gasteiger partial charge on any atom is 0.160 e. The van der Waals surface area contributed by atoms with Crippen LogP contribution in [0.15, 0.2) is 217 Å². The van der Waals surface area contributed by atoms with Gasteiger partial charge >= 0.3 is 0 Å². The van der Waals surface area contributed by atoms with Crippen molar-refractivity contribution >= 4 is 75.4 Å². The molecule has 4 aromatic heterocycles. The Labute approximate surface area is 366 Å². The quantitative estimate of drug-likeness (QED) is 0.168. The van der Waals surface area contributed by atoms with Gasteiger partial charge in [0.05, 0.1) is 26.9 Å². The van der Waals surface area contributed by atoms with Crippen LogP contribution in [0.1, 0.15) is 0 Å². The van der Waals surface area contributed by atoms with Gasteiger partial charge in [-0.3, -0.25) is 0 Å². The molecule has 0 unspecified atom stereocenters. The molecule has 0 spiro atoms. The highest BCUT2D eigenvalue weighted by atomic mass is 32.1. The Kier molecular flexibility index (Phi) is 8.05. The first-order valence-electron chi connectivity index (χ1n) is 21.2. The lowest BCUT2D eigenvalue weighted by Crippen LogP contribution is -1.94. The van der Waals surface area contributed by atoms with Crippen molar-refractivity contribution in [3.05, 3.63) is 212 Å². The molecule has 0 bridgehead atoms. The Bertz CT molecular complexity index is 3900. The monoisotopic (exact) mass is 821 g/mol. The van der Waals surface area contributed by atoms with E-state index in [4.69, 9.17) is 14.4 Å². The highest BCUT2D eigenvalue weighted by Gasteiger charge is 2.22. The molecule has 0 aliphatic heterocycles. The summed E-state index contributed by atoms with van der Waals surface area (Å²) in [4.78, 5) is 10.7. The lowest BCUT2D eigenvalue weighted by atomic mass is 9.98. The number of para-hydroxylation sites is 1. The zero-order chi connectivity index (χ0) is 41.4. The molecule has 0 amide bonds. The predicted molar refractivity (Wildman–Crippen MR) is 264 cm³/mol. The summed E-state index contributed by atoms with van der Waals surface area (Å²) in [6.07, 6.45) is 0. The smallest absolute Gasteiger partial charge is 0.160 e. The lowest BCUT2D eigenvalue weighted by Gasteiger charge is -2.11. The molecular formula is C58H35N3OS. The summed E-state index contributed by atoms with van der Waals surface area (Å²) in [5.41, 5.74) is 16.0. The average molecular weight is 822 g/mol. The van der Waals surface area contributed by atoms with Crippen LogP contribution in [0.4, 0.5) is 0 Å². The molecule has 9 aromatic carbocycles. The topological polar surface area (TPSA) is 43.9 Å². The standard InChI is InChI=1S/C58H35N3OS/c1-4-14-36(15-5-1)39-20-12-21-43(32-39)61-49-24-11-10-22-44(49)46-33-41(26-29-50(46)61)42-27-30-51-47(34-42)54-45(23-13-25-52(54)62-51)55-57-56(60-58(59-55)38-18-8-3-9-19-38)48-35-40(28-31-53(48)63-57)37-16-6-2-7-17-37/h1-35H. The molecule has 13 aromatic rings. The summed E-state index contributed by atoms with van der Waals surface area (Å²) in [6, 6.07) is 75.5. The SMILES string of the molecule is c1ccc(-c2cccc(-n3c4ccccc4c4cc(-c5ccc6oc7cccc(-c8nc(-c9ccccc9)nc9c8sc8ccc(-c%10ccccc%10)cc89)c7c6c5)ccc43)c2)cc1. The minimum absolute atomic E-state index is 0.702. The van der Waals surface area contributed by atoms with E-state index in [1.807, 2.05) is 18.2 Å². The molecule has 63 heavy (non-hydrogen) atoms. The number of furan rings is 1. The second-order valence-corrected chi connectivity index (χ2v) is 17.2. The molecule has 4 nitrogen and oxygen atoms in total. The normalized spacial score (nSPS) is 11.8. The molecular weight excluding hydrogens is 787 g/mol. The van der Waals surface area contributed by atoms with Crippen LogP contribution in [-0.4, -0.2) is 14.5 Å². The van der Waals surface area contributed by atoms with Gasteiger partial charge in [-0.05, 0) is 94.0 Å². The van der Waals surface area contributed by atoms with Crippen molar-refractivity contribution in [1.82, 2.24) is 14.5 Å². The van der Waals surface area contributed by atoms with Gasteiger partial charge in [0.15, 0.2) is 5.82 Å². The molecule has 0 N–H and O–H groups in total. The van der Waals surface area contributed by atoms with Crippen molar-refractivity contribution in [2.45, 2.75) is 0 Å². The number of hydrogen-bond acceptors (Lipinski definition) is 4. The van der Waals surface area contributed by atoms with Gasteiger partial charge in [0.25, 0.3) is 0 Å². The van der Waals surface area contributed by atoms with E-state index in [0.717, 1.165) is 71.2 Å². The van der Waals surface area contributed by atoms with Crippen LogP contribution in [0.3, 0.4) is 0 Å². The van der Waals surface area contributed by atoms with Crippen molar-refractivity contribution in [2.75, 3.05) is 0 Å². The van der Waals surface area contributed by atoms with E-state index in [0.29, 0.717) is 5.82 Å². The van der Waals surface area contributed by atoms with Gasteiger partial charge in [0.2, 0.25) is 0 Å². The Morgan fingerprint density at radius 1 is 0.397 bits per heavy atom. The van der Waals surface area contributed by atoms with Crippen LogP contribution >= 0.6 is 11.3 Å². The third-order valence-electron chi connectivity index (χ3n) is 12.4. The molecule has 4 heterocycles. The lowest BCUT2D eigenvalue weighted by molar-refractivity contribution is 0.669. The van der Waals surface area contributed by atoms with Gasteiger partial charge in [-0.25, -0.2) is 9.97 Å². The van der Waals surface area contributed by atoms with Crippen molar-refractivity contribution in [2.24, 2.45) is 0 Å². The molecule has 0 aliphatic rings. The first-order valence-corrected chi connectivity index (χ1v) is 22.0. The third kappa shape index (κ3) is 5.82. The number of nitrogens with zero attached hydrogens (tertiary/aromatic N) is 3. The molecule has 0 radical (unpaired) electrons. The summed E-state index contributed by atoms with van der Waals surface area (Å²) in [6.45, 7) is 0. The second-order valence-electron chi connectivity index (χ2n) is 16.1. The van der Waals surface area contributed by atoms with Crippen LogP contribution in [-0.2, 0) is 0 Å². The minimum atomic E-state index is 0.702. The van der Waals surface area contributed by atoms with Crippen LogP contribution < -0.4 is 0 Å². The van der Waals surface area contributed by atoms with E-state index >= 15 is 0 Å². The summed E-state index contributed by atoms with van der Waals surface area (Å²) in [5, 5.41) is 5.66. The number of thiophene rings is 1. The number of benzene rings is 9. The molecule has 294 valence electrons. The maximum atomic E-state index is 6.63. The Hall–Kier alpha value is -8.12. The Morgan fingerprint density at radius 2 is 1.00 bits per heavy atom. The second kappa shape index (κ2) is 14.2. The summed E-state index contributed by atoms with van der Waals surface area (Å²) < 4.78 is 11.3. The predicted octanol–water partition coefficient (Wildman–Crippen LogP) is 16.2. The highest BCUT2D eigenvalue weighted by molar-refractivity contribution is 7.26. The molecule has 0 aliphatic carbocycles. The first-order chi connectivity index (χ1) is 31.2. The molecule has 5 heteroatoms. The van der Waals surface area contributed by atoms with E-state index in [9.17, 15) is 0 Å². The van der Waals surface area contributed by atoms with Gasteiger partial charge in [0, 0.05) is 48.4 Å². The van der Waals surface area contributed by atoms with Crippen molar-refractivity contribution in [3.63, 3.8) is 0 Å². The van der Waals surface area contributed by atoms with Crippen molar-refractivity contribution < 1.29 is 4.42 Å². The fourth-order valence-corrected chi connectivity index (χ4v) is 10.6. The van der Waals surface area contributed by atoms with Gasteiger partial charge in [-0.15, -0.1) is 11.3 Å². The van der Waals surface area contributed by atoms with E-state index in [1.165, 1.54) is 48.8 Å². The fraction of sp³-hybridized carbons (Fsp3) is 0. The number of rotatable bonds is 6. The van der Waals surface area contributed by atoms with E-state index in [2.05, 4.69) is 199 Å². The Morgan fingerprint density at radius 3 is 1.79 bits per heavy atom. The zero-order valence-electron chi connectivity index (χ0n) is 33.9. The summed E-state index contributed by atoms with van der Waals surface area (Å²) in [7, 11) is 0. The third-order valence-corrected chi connectivity index (χ3v) is 13.6. The average Bonchev–Trinajstić information content (AvgIpc) is 4.03. The van der Waals surface area contributed by atoms with Crippen LogP contribution in [0.5, 0.6) is 0 Å². The Balaban J connectivity index is 0.990. The van der Waals surface area contributed by atoms with Crippen molar-refractivity contribution in [1.29, 1.82) is 0 Å². The summed E-state index contributed by atoms with van der Waals surface area (Å²) in [5.74, 6) is 0.702. The van der Waals surface area contributed by atoms with Gasteiger partial charge in [-0.1, -0.05) is 152 Å². The molecule has 0 saturated heterocycles. The minimum Gasteiger partial charge on any atom is -0.456 e. The molecule has 0 saturated carbocycles. The maximum absolute atomic E-state index is 6.63.